The Kier molecular flexibility index (Phi) is 6.28. The number of rotatable bonds is 5. The van der Waals surface area contributed by atoms with Crippen LogP contribution < -0.4 is 0 Å². The van der Waals surface area contributed by atoms with E-state index >= 15 is 0 Å². The van der Waals surface area contributed by atoms with Crippen molar-refractivity contribution in [2.75, 3.05) is 11.5 Å². The molecule has 1 aliphatic heterocycles. The van der Waals surface area contributed by atoms with Gasteiger partial charge in [0.05, 0.1) is 5.25 Å². The summed E-state index contributed by atoms with van der Waals surface area (Å²) in [6.45, 7) is 2.17. The van der Waals surface area contributed by atoms with Crippen molar-refractivity contribution in [2.45, 2.75) is 43.1 Å². The Bertz CT molecular complexity index is 244. The number of Topliss-reactive ketones (excluding diaryl/α,β-unsaturated/α-hetero) is 1. The summed E-state index contributed by atoms with van der Waals surface area (Å²) in [5.74, 6) is 5.31. The van der Waals surface area contributed by atoms with Crippen LogP contribution in [0.5, 0.6) is 0 Å². The summed E-state index contributed by atoms with van der Waals surface area (Å²) in [5, 5.41) is 0.758. The molecule has 0 spiro atoms. The maximum atomic E-state index is 11.9. The monoisotopic (exact) mass is 242 g/mol. The van der Waals surface area contributed by atoms with Crippen molar-refractivity contribution in [3.8, 4) is 12.3 Å². The molecule has 1 heterocycles. The molecular weight excluding hydrogens is 224 g/mol. The molecule has 1 aliphatic rings. The molecule has 2 unspecified atom stereocenters. The van der Waals surface area contributed by atoms with Gasteiger partial charge in [0.1, 0.15) is 5.78 Å². The number of thioether (sulfide) groups is 2. The van der Waals surface area contributed by atoms with Gasteiger partial charge in [-0.25, -0.2) is 0 Å². The van der Waals surface area contributed by atoms with Crippen molar-refractivity contribution in [3.63, 3.8) is 0 Å². The minimum atomic E-state index is 0.228. The fourth-order valence-electron chi connectivity index (χ4n) is 1.71. The number of terminal acetylenes is 1. The first kappa shape index (κ1) is 13.0. The molecule has 84 valence electrons. The summed E-state index contributed by atoms with van der Waals surface area (Å²) in [5.41, 5.74) is 0. The molecule has 0 aromatic rings. The highest BCUT2D eigenvalue weighted by Gasteiger charge is 2.29. The van der Waals surface area contributed by atoms with Gasteiger partial charge in [0.2, 0.25) is 0 Å². The molecular formula is C12H18OS2. The summed E-state index contributed by atoms with van der Waals surface area (Å²) in [6.07, 6.45) is 8.53. The molecule has 1 rings (SSSR count). The van der Waals surface area contributed by atoms with Gasteiger partial charge in [-0.2, -0.15) is 11.8 Å². The topological polar surface area (TPSA) is 17.1 Å². The smallest absolute Gasteiger partial charge is 0.146 e. The maximum Gasteiger partial charge on any atom is 0.146 e. The van der Waals surface area contributed by atoms with Gasteiger partial charge in [-0.15, -0.1) is 24.1 Å². The SMILES string of the molecule is C#CCCCC(=O)C1SCCSC1CC. The van der Waals surface area contributed by atoms with Crippen LogP contribution in [-0.2, 0) is 4.79 Å². The van der Waals surface area contributed by atoms with Crippen molar-refractivity contribution in [3.05, 3.63) is 0 Å². The van der Waals surface area contributed by atoms with Gasteiger partial charge in [-0.1, -0.05) is 6.92 Å². The number of carbonyl (C=O) groups excluding carboxylic acids is 1. The number of hydrogen-bond acceptors (Lipinski definition) is 3. The standard InChI is InChI=1S/C12H18OS2/c1-3-5-6-7-10(13)12-11(4-2)14-8-9-15-12/h1,11-12H,4-9H2,2H3. The summed E-state index contributed by atoms with van der Waals surface area (Å²) in [7, 11) is 0. The first-order valence-electron chi connectivity index (χ1n) is 5.49. The van der Waals surface area contributed by atoms with E-state index in [0.717, 1.165) is 25.0 Å². The van der Waals surface area contributed by atoms with Gasteiger partial charge in [0.15, 0.2) is 0 Å². The molecule has 0 N–H and O–H groups in total. The zero-order chi connectivity index (χ0) is 11.1. The van der Waals surface area contributed by atoms with E-state index in [-0.39, 0.29) is 5.25 Å². The lowest BCUT2D eigenvalue weighted by molar-refractivity contribution is -0.118. The molecule has 2 atom stereocenters. The quantitative estimate of drug-likeness (QED) is 0.545. The lowest BCUT2D eigenvalue weighted by Gasteiger charge is -2.28. The van der Waals surface area contributed by atoms with Crippen LogP contribution in [0.3, 0.4) is 0 Å². The van der Waals surface area contributed by atoms with Crippen LogP contribution in [0.4, 0.5) is 0 Å². The fraction of sp³-hybridized carbons (Fsp3) is 0.750. The van der Waals surface area contributed by atoms with E-state index in [1.54, 1.807) is 0 Å². The molecule has 1 fully saturated rings. The predicted octanol–water partition coefficient (Wildman–Crippen LogP) is 2.99. The number of unbranched alkanes of at least 4 members (excludes halogenated alkanes) is 1. The summed E-state index contributed by atoms with van der Waals surface area (Å²) in [4.78, 5) is 11.9. The Balaban J connectivity index is 2.38. The van der Waals surface area contributed by atoms with E-state index < -0.39 is 0 Å². The third-order valence-electron chi connectivity index (χ3n) is 2.51. The second-order valence-corrected chi connectivity index (χ2v) is 6.23. The Hall–Kier alpha value is -0.0700. The van der Waals surface area contributed by atoms with Crippen LogP contribution in [-0.4, -0.2) is 27.8 Å². The Morgan fingerprint density at radius 3 is 2.87 bits per heavy atom. The summed E-state index contributed by atoms with van der Waals surface area (Å²) in [6, 6.07) is 0. The third kappa shape index (κ3) is 4.12. The van der Waals surface area contributed by atoms with E-state index in [1.165, 1.54) is 5.75 Å². The highest BCUT2D eigenvalue weighted by atomic mass is 32.2. The van der Waals surface area contributed by atoms with Gasteiger partial charge in [0.25, 0.3) is 0 Å². The average Bonchev–Trinajstić information content (AvgIpc) is 2.29. The van der Waals surface area contributed by atoms with Crippen LogP contribution in [0.2, 0.25) is 0 Å². The molecule has 3 heteroatoms. The minimum absolute atomic E-state index is 0.228. The second-order valence-electron chi connectivity index (χ2n) is 3.63. The molecule has 0 saturated carbocycles. The van der Waals surface area contributed by atoms with Gasteiger partial charge in [-0.05, 0) is 12.8 Å². The first-order valence-corrected chi connectivity index (χ1v) is 7.58. The van der Waals surface area contributed by atoms with E-state index in [4.69, 9.17) is 6.42 Å². The highest BCUT2D eigenvalue weighted by Crippen LogP contribution is 2.34. The van der Waals surface area contributed by atoms with E-state index in [1.807, 2.05) is 23.5 Å². The van der Waals surface area contributed by atoms with Gasteiger partial charge < -0.3 is 0 Å². The predicted molar refractivity (Wildman–Crippen MR) is 70.5 cm³/mol. The molecule has 1 saturated heterocycles. The van der Waals surface area contributed by atoms with Crippen LogP contribution in [0.15, 0.2) is 0 Å². The average molecular weight is 242 g/mol. The highest BCUT2D eigenvalue weighted by molar-refractivity contribution is 8.07. The Morgan fingerprint density at radius 1 is 1.47 bits per heavy atom. The molecule has 0 bridgehead atoms. The van der Waals surface area contributed by atoms with E-state index in [2.05, 4.69) is 12.8 Å². The van der Waals surface area contributed by atoms with Crippen LogP contribution >= 0.6 is 23.5 Å². The van der Waals surface area contributed by atoms with Crippen molar-refractivity contribution < 1.29 is 4.79 Å². The third-order valence-corrected chi connectivity index (χ3v) is 5.81. The first-order chi connectivity index (χ1) is 7.29. The number of ketones is 1. The fourth-order valence-corrected chi connectivity index (χ4v) is 4.78. The molecule has 0 amide bonds. The van der Waals surface area contributed by atoms with Crippen LogP contribution in [0, 0.1) is 12.3 Å². The van der Waals surface area contributed by atoms with E-state index in [9.17, 15) is 4.79 Å². The number of carbonyl (C=O) groups is 1. The molecule has 15 heavy (non-hydrogen) atoms. The van der Waals surface area contributed by atoms with Crippen molar-refractivity contribution in [1.29, 1.82) is 0 Å². The summed E-state index contributed by atoms with van der Waals surface area (Å²) >= 11 is 3.80. The summed E-state index contributed by atoms with van der Waals surface area (Å²) < 4.78 is 0. The maximum absolute atomic E-state index is 11.9. The molecule has 0 aromatic heterocycles. The number of hydrogen-bond donors (Lipinski definition) is 0. The largest absolute Gasteiger partial charge is 0.298 e. The Morgan fingerprint density at radius 2 is 2.20 bits per heavy atom. The molecule has 0 aromatic carbocycles. The van der Waals surface area contributed by atoms with Gasteiger partial charge in [0, 0.05) is 29.6 Å². The van der Waals surface area contributed by atoms with Crippen molar-refractivity contribution in [1.82, 2.24) is 0 Å². The zero-order valence-electron chi connectivity index (χ0n) is 9.20. The van der Waals surface area contributed by atoms with Crippen molar-refractivity contribution in [2.24, 2.45) is 0 Å². The minimum Gasteiger partial charge on any atom is -0.298 e. The van der Waals surface area contributed by atoms with Crippen molar-refractivity contribution >= 4 is 29.3 Å². The Labute approximate surface area is 101 Å². The van der Waals surface area contributed by atoms with Crippen LogP contribution in [0.1, 0.15) is 32.6 Å². The lowest BCUT2D eigenvalue weighted by Crippen LogP contribution is -2.32. The second kappa shape index (κ2) is 7.24. The van der Waals surface area contributed by atoms with Gasteiger partial charge in [-0.3, -0.25) is 4.79 Å². The van der Waals surface area contributed by atoms with Crippen LogP contribution in [0.25, 0.3) is 0 Å². The molecule has 0 aliphatic carbocycles. The lowest BCUT2D eigenvalue weighted by atomic mass is 10.1. The normalized spacial score (nSPS) is 25.9. The zero-order valence-corrected chi connectivity index (χ0v) is 10.8. The molecule has 1 nitrogen and oxygen atoms in total. The molecule has 0 radical (unpaired) electrons. The van der Waals surface area contributed by atoms with Gasteiger partial charge >= 0.3 is 0 Å². The van der Waals surface area contributed by atoms with E-state index in [0.29, 0.717) is 17.5 Å².